The number of carbonyl (C=O) groups excluding carboxylic acids is 4. The number of alkyl carbamates (subject to hydrolysis) is 1. The Morgan fingerprint density at radius 3 is 2.23 bits per heavy atom. The summed E-state index contributed by atoms with van der Waals surface area (Å²) in [5.41, 5.74) is 1.07. The lowest BCUT2D eigenvalue weighted by Gasteiger charge is -2.45. The average molecular weight is 580 g/mol. The standard InChI is InChI=1S/C30H49N3O6S/c1-11-30(8,9)33(27(36)23(16-18-40-10)32-28(37)39-29(5,6)7)25(22-14-13-20(3)19-21(22)4)26(35)31-17-15-24(34)38-12-2/h13-14,19,23,25H,11-12,15-18H2,1-10H3,(H,31,35)(H,32,37). The Balaban J connectivity index is 3.61. The smallest absolute Gasteiger partial charge is 0.408 e. The van der Waals surface area contributed by atoms with Gasteiger partial charge in [0.15, 0.2) is 0 Å². The topological polar surface area (TPSA) is 114 Å². The fraction of sp³-hybridized carbons (Fsp3) is 0.667. The quantitative estimate of drug-likeness (QED) is 0.296. The van der Waals surface area contributed by atoms with Crippen molar-refractivity contribution in [3.8, 4) is 0 Å². The van der Waals surface area contributed by atoms with Crippen LogP contribution in [-0.4, -0.2) is 71.1 Å². The maximum Gasteiger partial charge on any atom is 0.408 e. The second-order valence-electron chi connectivity index (χ2n) is 11.5. The number of aryl methyl sites for hydroxylation is 2. The molecule has 2 atom stereocenters. The van der Waals surface area contributed by atoms with E-state index in [0.29, 0.717) is 24.2 Å². The van der Waals surface area contributed by atoms with Gasteiger partial charge < -0.3 is 25.0 Å². The predicted molar refractivity (Wildman–Crippen MR) is 160 cm³/mol. The zero-order valence-corrected chi connectivity index (χ0v) is 26.8. The average Bonchev–Trinajstić information content (AvgIpc) is 2.84. The van der Waals surface area contributed by atoms with Crippen molar-refractivity contribution >= 4 is 35.6 Å². The third-order valence-electron chi connectivity index (χ3n) is 6.51. The Labute approximate surface area is 244 Å². The monoisotopic (exact) mass is 579 g/mol. The number of hydrogen-bond donors (Lipinski definition) is 2. The molecule has 1 aromatic rings. The molecular weight excluding hydrogens is 530 g/mol. The van der Waals surface area contributed by atoms with Crippen molar-refractivity contribution < 1.29 is 28.7 Å². The minimum Gasteiger partial charge on any atom is -0.466 e. The normalized spacial score (nSPS) is 13.2. The number of benzene rings is 1. The number of carbonyl (C=O) groups is 4. The van der Waals surface area contributed by atoms with E-state index in [4.69, 9.17) is 9.47 Å². The first-order valence-corrected chi connectivity index (χ1v) is 15.3. The van der Waals surface area contributed by atoms with Gasteiger partial charge >= 0.3 is 12.1 Å². The SMILES string of the molecule is CCOC(=O)CCNC(=O)C(c1ccc(C)cc1C)N(C(=O)C(CCSC)NC(=O)OC(C)(C)C)C(C)(C)CC. The van der Waals surface area contributed by atoms with Gasteiger partial charge in [0.05, 0.1) is 13.0 Å². The number of amides is 3. The molecule has 0 saturated carbocycles. The highest BCUT2D eigenvalue weighted by atomic mass is 32.2. The number of nitrogens with zero attached hydrogens (tertiary/aromatic N) is 1. The Morgan fingerprint density at radius 1 is 1.05 bits per heavy atom. The summed E-state index contributed by atoms with van der Waals surface area (Å²) in [7, 11) is 0. The molecule has 9 nitrogen and oxygen atoms in total. The van der Waals surface area contributed by atoms with Gasteiger partial charge in [0.25, 0.3) is 0 Å². The summed E-state index contributed by atoms with van der Waals surface area (Å²) >= 11 is 1.56. The van der Waals surface area contributed by atoms with Crippen molar-refractivity contribution in [2.45, 2.75) is 105 Å². The Hall–Kier alpha value is -2.75. The molecule has 1 aromatic carbocycles. The van der Waals surface area contributed by atoms with Gasteiger partial charge in [-0.2, -0.15) is 11.8 Å². The van der Waals surface area contributed by atoms with Gasteiger partial charge in [-0.15, -0.1) is 0 Å². The summed E-state index contributed by atoms with van der Waals surface area (Å²) < 4.78 is 10.4. The largest absolute Gasteiger partial charge is 0.466 e. The van der Waals surface area contributed by atoms with Crippen LogP contribution >= 0.6 is 11.8 Å². The molecule has 0 fully saturated rings. The maximum absolute atomic E-state index is 14.4. The molecule has 0 bridgehead atoms. The summed E-state index contributed by atoms with van der Waals surface area (Å²) in [5, 5.41) is 5.62. The summed E-state index contributed by atoms with van der Waals surface area (Å²) in [6.07, 6.45) is 2.17. The van der Waals surface area contributed by atoms with Crippen LogP contribution in [0.5, 0.6) is 0 Å². The number of rotatable bonds is 14. The lowest BCUT2D eigenvalue weighted by molar-refractivity contribution is -0.149. The zero-order chi connectivity index (χ0) is 30.7. The third kappa shape index (κ3) is 11.0. The molecule has 2 unspecified atom stereocenters. The second-order valence-corrected chi connectivity index (χ2v) is 12.4. The molecule has 0 aliphatic rings. The van der Waals surface area contributed by atoms with Crippen molar-refractivity contribution in [1.29, 1.82) is 0 Å². The van der Waals surface area contributed by atoms with E-state index in [1.165, 1.54) is 0 Å². The number of nitrogens with one attached hydrogen (secondary N) is 2. The van der Waals surface area contributed by atoms with E-state index in [-0.39, 0.29) is 25.5 Å². The van der Waals surface area contributed by atoms with Crippen LogP contribution < -0.4 is 10.6 Å². The highest BCUT2D eigenvalue weighted by molar-refractivity contribution is 7.98. The maximum atomic E-state index is 14.4. The van der Waals surface area contributed by atoms with Gasteiger partial charge in [-0.05, 0) is 91.4 Å². The summed E-state index contributed by atoms with van der Waals surface area (Å²) in [6.45, 7) is 17.0. The van der Waals surface area contributed by atoms with Crippen LogP contribution in [-0.2, 0) is 23.9 Å². The molecule has 0 spiro atoms. The van der Waals surface area contributed by atoms with Crippen molar-refractivity contribution in [2.24, 2.45) is 0 Å². The van der Waals surface area contributed by atoms with Gasteiger partial charge in [0, 0.05) is 12.1 Å². The fourth-order valence-corrected chi connectivity index (χ4v) is 4.68. The van der Waals surface area contributed by atoms with Crippen LogP contribution in [0.25, 0.3) is 0 Å². The molecule has 1 rings (SSSR count). The molecule has 0 aliphatic carbocycles. The molecule has 0 heterocycles. The van der Waals surface area contributed by atoms with E-state index in [2.05, 4.69) is 10.6 Å². The van der Waals surface area contributed by atoms with Crippen LogP contribution in [0.2, 0.25) is 0 Å². The molecule has 10 heteroatoms. The van der Waals surface area contributed by atoms with E-state index in [9.17, 15) is 19.2 Å². The van der Waals surface area contributed by atoms with Crippen LogP contribution in [0.1, 0.15) is 90.5 Å². The number of thioether (sulfide) groups is 1. The molecular formula is C30H49N3O6S. The van der Waals surface area contributed by atoms with E-state index >= 15 is 0 Å². The summed E-state index contributed by atoms with van der Waals surface area (Å²) in [6, 6.07) is 3.84. The Bertz CT molecular complexity index is 1020. The highest BCUT2D eigenvalue weighted by Crippen LogP contribution is 2.34. The first kappa shape index (κ1) is 35.3. The molecule has 0 radical (unpaired) electrons. The van der Waals surface area contributed by atoms with Crippen molar-refractivity contribution in [2.75, 3.05) is 25.2 Å². The van der Waals surface area contributed by atoms with Gasteiger partial charge in [-0.3, -0.25) is 14.4 Å². The van der Waals surface area contributed by atoms with Gasteiger partial charge in [-0.1, -0.05) is 30.7 Å². The fourth-order valence-electron chi connectivity index (χ4n) is 4.20. The van der Waals surface area contributed by atoms with Gasteiger partial charge in [0.2, 0.25) is 11.8 Å². The van der Waals surface area contributed by atoms with Gasteiger partial charge in [0.1, 0.15) is 17.7 Å². The van der Waals surface area contributed by atoms with Crippen molar-refractivity contribution in [3.63, 3.8) is 0 Å². The molecule has 40 heavy (non-hydrogen) atoms. The van der Waals surface area contributed by atoms with E-state index in [1.54, 1.807) is 44.4 Å². The predicted octanol–water partition coefficient (Wildman–Crippen LogP) is 5.08. The van der Waals surface area contributed by atoms with Crippen molar-refractivity contribution in [1.82, 2.24) is 15.5 Å². The molecule has 226 valence electrons. The van der Waals surface area contributed by atoms with E-state index in [1.807, 2.05) is 59.1 Å². The third-order valence-corrected chi connectivity index (χ3v) is 7.16. The second kappa shape index (κ2) is 15.9. The highest BCUT2D eigenvalue weighted by Gasteiger charge is 2.43. The number of ether oxygens (including phenoxy) is 2. The minimum absolute atomic E-state index is 0.0147. The van der Waals surface area contributed by atoms with E-state index < -0.39 is 41.2 Å². The molecule has 0 saturated heterocycles. The van der Waals surface area contributed by atoms with E-state index in [0.717, 1.165) is 11.1 Å². The van der Waals surface area contributed by atoms with Gasteiger partial charge in [-0.25, -0.2) is 4.79 Å². The molecule has 3 amide bonds. The number of esters is 1. The lowest BCUT2D eigenvalue weighted by atomic mass is 9.89. The summed E-state index contributed by atoms with van der Waals surface area (Å²) in [5.74, 6) is -0.581. The molecule has 0 aliphatic heterocycles. The minimum atomic E-state index is -0.998. The van der Waals surface area contributed by atoms with Crippen LogP contribution in [0, 0.1) is 13.8 Å². The number of hydrogen-bond acceptors (Lipinski definition) is 7. The van der Waals surface area contributed by atoms with Crippen molar-refractivity contribution in [3.05, 3.63) is 34.9 Å². The van der Waals surface area contributed by atoms with Crippen LogP contribution in [0.3, 0.4) is 0 Å². The Kier molecular flexibility index (Phi) is 14.0. The molecule has 2 N–H and O–H groups in total. The van der Waals surface area contributed by atoms with Crippen LogP contribution in [0.4, 0.5) is 4.79 Å². The Morgan fingerprint density at radius 2 is 1.70 bits per heavy atom. The molecule has 0 aromatic heterocycles. The lowest BCUT2D eigenvalue weighted by Crippen LogP contribution is -2.59. The zero-order valence-electron chi connectivity index (χ0n) is 25.9. The first-order chi connectivity index (χ1) is 18.6. The van der Waals surface area contributed by atoms with Crippen LogP contribution in [0.15, 0.2) is 18.2 Å². The summed E-state index contributed by atoms with van der Waals surface area (Å²) in [4.78, 5) is 54.6. The first-order valence-electron chi connectivity index (χ1n) is 13.9.